The second-order valence-electron chi connectivity index (χ2n) is 5.20. The van der Waals surface area contributed by atoms with Gasteiger partial charge in [-0.3, -0.25) is 9.59 Å². The summed E-state index contributed by atoms with van der Waals surface area (Å²) in [4.78, 5) is 25.2. The summed E-state index contributed by atoms with van der Waals surface area (Å²) in [6.45, 7) is 1.71. The van der Waals surface area contributed by atoms with Gasteiger partial charge in [0.2, 0.25) is 0 Å². The van der Waals surface area contributed by atoms with Crippen LogP contribution in [0.1, 0.15) is 13.3 Å². The molecule has 0 saturated carbocycles. The number of sulfone groups is 1. The van der Waals surface area contributed by atoms with Gasteiger partial charge in [-0.2, -0.15) is 0 Å². The molecule has 1 aromatic carbocycles. The first-order valence-corrected chi connectivity index (χ1v) is 8.83. The monoisotopic (exact) mass is 346 g/mol. The van der Waals surface area contributed by atoms with E-state index < -0.39 is 45.0 Å². The molecular formula is C14H16F2N2O4S. The molecule has 1 unspecified atom stereocenters. The van der Waals surface area contributed by atoms with Crippen molar-refractivity contribution in [1.29, 1.82) is 0 Å². The second-order valence-corrected chi connectivity index (χ2v) is 7.43. The molecule has 0 bridgehead atoms. The highest BCUT2D eigenvalue weighted by molar-refractivity contribution is 7.91. The van der Waals surface area contributed by atoms with Crippen LogP contribution in [-0.4, -0.2) is 49.2 Å². The van der Waals surface area contributed by atoms with Gasteiger partial charge in [0.15, 0.2) is 9.84 Å². The number of nitrogens with zero attached hydrogens (tertiary/aromatic N) is 1. The van der Waals surface area contributed by atoms with E-state index in [0.717, 1.165) is 23.1 Å². The molecule has 2 amide bonds. The molecule has 1 fully saturated rings. The largest absolute Gasteiger partial charge is 0.331 e. The number of carbonyl (C=O) groups is 2. The number of anilines is 1. The lowest BCUT2D eigenvalue weighted by atomic mass is 10.2. The van der Waals surface area contributed by atoms with Gasteiger partial charge in [-0.1, -0.05) is 6.07 Å². The Morgan fingerprint density at radius 3 is 2.39 bits per heavy atom. The summed E-state index contributed by atoms with van der Waals surface area (Å²) in [5, 5.41) is 1.91. The highest BCUT2D eigenvalue weighted by Gasteiger charge is 2.36. The minimum Gasteiger partial charge on any atom is -0.331 e. The predicted octanol–water partition coefficient (Wildman–Crippen LogP) is 0.939. The van der Waals surface area contributed by atoms with E-state index in [9.17, 15) is 26.8 Å². The number of para-hydroxylation sites is 1. The number of hydrogen-bond donors (Lipinski definition) is 1. The van der Waals surface area contributed by atoms with Gasteiger partial charge < -0.3 is 10.2 Å². The maximum Gasteiger partial charge on any atom is 0.314 e. The van der Waals surface area contributed by atoms with Gasteiger partial charge in [0.05, 0.1) is 11.5 Å². The van der Waals surface area contributed by atoms with Gasteiger partial charge in [-0.15, -0.1) is 0 Å². The number of benzene rings is 1. The second kappa shape index (κ2) is 6.61. The lowest BCUT2D eigenvalue weighted by Gasteiger charge is -2.26. The Bertz CT molecular complexity index is 716. The Labute approximate surface area is 132 Å². The Hall–Kier alpha value is -2.03. The average molecular weight is 346 g/mol. The summed E-state index contributed by atoms with van der Waals surface area (Å²) < 4.78 is 50.0. The summed E-state index contributed by atoms with van der Waals surface area (Å²) in [6.07, 6.45) is 0.239. The van der Waals surface area contributed by atoms with Crippen LogP contribution in [0.25, 0.3) is 0 Å². The quantitative estimate of drug-likeness (QED) is 0.826. The van der Waals surface area contributed by atoms with Crippen molar-refractivity contribution in [3.05, 3.63) is 29.8 Å². The molecule has 1 heterocycles. The van der Waals surface area contributed by atoms with E-state index >= 15 is 0 Å². The molecule has 1 atom stereocenters. The van der Waals surface area contributed by atoms with Crippen LogP contribution < -0.4 is 5.32 Å². The summed E-state index contributed by atoms with van der Waals surface area (Å²) in [5.74, 6) is -4.49. The van der Waals surface area contributed by atoms with Crippen molar-refractivity contribution in [2.24, 2.45) is 0 Å². The Morgan fingerprint density at radius 2 is 1.91 bits per heavy atom. The third-order valence-corrected chi connectivity index (χ3v) is 5.40. The van der Waals surface area contributed by atoms with Gasteiger partial charge in [0.1, 0.15) is 17.3 Å². The smallest absolute Gasteiger partial charge is 0.314 e. The zero-order chi connectivity index (χ0) is 17.2. The molecule has 1 aromatic rings. The summed E-state index contributed by atoms with van der Waals surface area (Å²) in [5.41, 5.74) is -0.707. The third-order valence-electron chi connectivity index (χ3n) is 3.65. The first-order chi connectivity index (χ1) is 10.7. The number of nitrogens with one attached hydrogen (secondary N) is 1. The zero-order valence-electron chi connectivity index (χ0n) is 12.4. The predicted molar refractivity (Wildman–Crippen MR) is 79.4 cm³/mol. The third kappa shape index (κ3) is 3.84. The SMILES string of the molecule is CCN(C(=O)C(=O)Nc1c(F)cccc1F)C1CCS(=O)(=O)C1. The molecule has 2 rings (SSSR count). The van der Waals surface area contributed by atoms with Crippen LogP contribution in [0, 0.1) is 11.6 Å². The van der Waals surface area contributed by atoms with Gasteiger partial charge in [0.25, 0.3) is 0 Å². The lowest BCUT2D eigenvalue weighted by Crippen LogP contribution is -2.46. The normalized spacial score (nSPS) is 19.3. The lowest BCUT2D eigenvalue weighted by molar-refractivity contribution is -0.144. The first kappa shape index (κ1) is 17.3. The molecule has 0 aromatic heterocycles. The number of amides is 2. The standard InChI is InChI=1S/C14H16F2N2O4S/c1-2-18(9-6-7-23(21,22)8-9)14(20)13(19)17-12-10(15)4-3-5-11(12)16/h3-5,9H,2,6-8H2,1H3,(H,17,19). The maximum absolute atomic E-state index is 13.5. The average Bonchev–Trinajstić information content (AvgIpc) is 2.83. The molecular weight excluding hydrogens is 330 g/mol. The summed E-state index contributed by atoms with van der Waals surface area (Å²) in [6, 6.07) is 2.42. The molecule has 0 spiro atoms. The van der Waals surface area contributed by atoms with Crippen molar-refractivity contribution >= 4 is 27.3 Å². The van der Waals surface area contributed by atoms with E-state index in [-0.39, 0.29) is 24.5 Å². The van der Waals surface area contributed by atoms with E-state index in [1.807, 2.05) is 5.32 Å². The fraction of sp³-hybridized carbons (Fsp3) is 0.429. The molecule has 126 valence electrons. The van der Waals surface area contributed by atoms with Crippen LogP contribution in [-0.2, 0) is 19.4 Å². The van der Waals surface area contributed by atoms with E-state index in [1.54, 1.807) is 6.92 Å². The molecule has 1 N–H and O–H groups in total. The van der Waals surface area contributed by atoms with Crippen LogP contribution in [0.15, 0.2) is 18.2 Å². The van der Waals surface area contributed by atoms with Gasteiger partial charge in [-0.05, 0) is 25.5 Å². The minimum absolute atomic E-state index is 0.0506. The molecule has 1 saturated heterocycles. The summed E-state index contributed by atoms with van der Waals surface area (Å²) >= 11 is 0. The number of halogens is 2. The van der Waals surface area contributed by atoms with Gasteiger partial charge >= 0.3 is 11.8 Å². The fourth-order valence-electron chi connectivity index (χ4n) is 2.50. The Balaban J connectivity index is 2.13. The summed E-state index contributed by atoms with van der Waals surface area (Å²) in [7, 11) is -3.23. The van der Waals surface area contributed by atoms with Crippen LogP contribution in [0.4, 0.5) is 14.5 Å². The van der Waals surface area contributed by atoms with Crippen molar-refractivity contribution in [3.63, 3.8) is 0 Å². The number of rotatable bonds is 3. The number of likely N-dealkylation sites (N-methyl/N-ethyl adjacent to an activating group) is 1. The molecule has 0 radical (unpaired) electrons. The van der Waals surface area contributed by atoms with Crippen molar-refractivity contribution in [2.45, 2.75) is 19.4 Å². The Morgan fingerprint density at radius 1 is 1.30 bits per heavy atom. The Kier molecular flexibility index (Phi) is 4.98. The molecule has 23 heavy (non-hydrogen) atoms. The number of hydrogen-bond acceptors (Lipinski definition) is 4. The minimum atomic E-state index is -3.23. The van der Waals surface area contributed by atoms with Crippen molar-refractivity contribution in [3.8, 4) is 0 Å². The van der Waals surface area contributed by atoms with Gasteiger partial charge in [0, 0.05) is 12.6 Å². The van der Waals surface area contributed by atoms with E-state index in [1.165, 1.54) is 0 Å². The van der Waals surface area contributed by atoms with E-state index in [4.69, 9.17) is 0 Å². The van der Waals surface area contributed by atoms with Gasteiger partial charge in [-0.25, -0.2) is 17.2 Å². The molecule has 6 nitrogen and oxygen atoms in total. The van der Waals surface area contributed by atoms with E-state index in [0.29, 0.717) is 0 Å². The topological polar surface area (TPSA) is 83.6 Å². The first-order valence-electron chi connectivity index (χ1n) is 7.01. The van der Waals surface area contributed by atoms with Crippen LogP contribution >= 0.6 is 0 Å². The maximum atomic E-state index is 13.5. The van der Waals surface area contributed by atoms with Crippen molar-refractivity contribution in [1.82, 2.24) is 4.90 Å². The number of carbonyl (C=O) groups excluding carboxylic acids is 2. The van der Waals surface area contributed by atoms with E-state index in [2.05, 4.69) is 0 Å². The molecule has 9 heteroatoms. The molecule has 0 aliphatic carbocycles. The van der Waals surface area contributed by atoms with Crippen LogP contribution in [0.2, 0.25) is 0 Å². The van der Waals surface area contributed by atoms with Crippen LogP contribution in [0.3, 0.4) is 0 Å². The fourth-order valence-corrected chi connectivity index (χ4v) is 4.23. The zero-order valence-corrected chi connectivity index (χ0v) is 13.2. The van der Waals surface area contributed by atoms with Crippen LogP contribution in [0.5, 0.6) is 0 Å². The molecule has 1 aliphatic rings. The van der Waals surface area contributed by atoms with Crippen molar-refractivity contribution in [2.75, 3.05) is 23.4 Å². The van der Waals surface area contributed by atoms with Crippen molar-refractivity contribution < 1.29 is 26.8 Å². The molecule has 1 aliphatic heterocycles. The highest BCUT2D eigenvalue weighted by Crippen LogP contribution is 2.20. The highest BCUT2D eigenvalue weighted by atomic mass is 32.2.